The molecule has 0 saturated carbocycles. The van der Waals surface area contributed by atoms with Gasteiger partial charge in [0.15, 0.2) is 0 Å². The van der Waals surface area contributed by atoms with E-state index in [2.05, 4.69) is 6.92 Å². The Morgan fingerprint density at radius 1 is 1.04 bits per heavy atom. The lowest BCUT2D eigenvalue weighted by Gasteiger charge is -2.30. The minimum Gasteiger partial charge on any atom is -0.494 e. The minimum atomic E-state index is 0.145. The third-order valence-electron chi connectivity index (χ3n) is 4.94. The van der Waals surface area contributed by atoms with Crippen LogP contribution >= 0.6 is 11.6 Å². The number of rotatable bonds is 6. The van der Waals surface area contributed by atoms with Gasteiger partial charge in [0.2, 0.25) is 0 Å². The Kier molecular flexibility index (Phi) is 6.56. The maximum absolute atomic E-state index is 12.6. The first-order valence-corrected chi connectivity index (χ1v) is 9.89. The van der Waals surface area contributed by atoms with E-state index < -0.39 is 0 Å². The number of alkyl halides is 1. The predicted octanol–water partition coefficient (Wildman–Crippen LogP) is 5.23. The van der Waals surface area contributed by atoms with E-state index in [-0.39, 0.29) is 5.91 Å². The molecule has 2 aromatic carbocycles. The molecule has 0 aromatic heterocycles. The number of amides is 1. The highest BCUT2D eigenvalue weighted by atomic mass is 35.5. The van der Waals surface area contributed by atoms with Gasteiger partial charge in [0.05, 0.1) is 6.61 Å². The molecule has 0 aliphatic carbocycles. The van der Waals surface area contributed by atoms with Crippen molar-refractivity contribution in [2.24, 2.45) is 5.92 Å². The average molecular weight is 372 g/mol. The van der Waals surface area contributed by atoms with Gasteiger partial charge in [-0.1, -0.05) is 31.2 Å². The highest BCUT2D eigenvalue weighted by Crippen LogP contribution is 2.24. The number of piperidine rings is 1. The van der Waals surface area contributed by atoms with Crippen LogP contribution in [0.25, 0.3) is 11.1 Å². The highest BCUT2D eigenvalue weighted by Gasteiger charge is 2.21. The van der Waals surface area contributed by atoms with E-state index in [0.29, 0.717) is 12.5 Å². The van der Waals surface area contributed by atoms with Crippen LogP contribution in [0, 0.1) is 5.92 Å². The molecule has 1 saturated heterocycles. The SMILES string of the molecule is CC1CCN(C(=O)c2ccc(-c3ccc(OCCCCl)cc3)cc2)CC1. The van der Waals surface area contributed by atoms with Crippen molar-refractivity contribution >= 4 is 17.5 Å². The molecule has 1 heterocycles. The highest BCUT2D eigenvalue weighted by molar-refractivity contribution is 6.17. The monoisotopic (exact) mass is 371 g/mol. The summed E-state index contributed by atoms with van der Waals surface area (Å²) in [6.45, 7) is 4.62. The molecule has 0 radical (unpaired) electrons. The van der Waals surface area contributed by atoms with E-state index in [1.54, 1.807) is 0 Å². The normalized spacial score (nSPS) is 15.1. The zero-order valence-electron chi connectivity index (χ0n) is 15.3. The number of halogens is 1. The van der Waals surface area contributed by atoms with Gasteiger partial charge in [-0.2, -0.15) is 0 Å². The second-order valence-electron chi connectivity index (χ2n) is 6.97. The number of likely N-dealkylation sites (tertiary alicyclic amines) is 1. The number of carbonyl (C=O) groups excluding carboxylic acids is 1. The molecule has 1 fully saturated rings. The van der Waals surface area contributed by atoms with Crippen molar-refractivity contribution in [1.82, 2.24) is 4.90 Å². The number of hydrogen-bond acceptors (Lipinski definition) is 2. The Morgan fingerprint density at radius 3 is 2.19 bits per heavy atom. The van der Waals surface area contributed by atoms with Crippen LogP contribution in [0.15, 0.2) is 48.5 Å². The first-order valence-electron chi connectivity index (χ1n) is 9.36. The summed E-state index contributed by atoms with van der Waals surface area (Å²) >= 11 is 5.66. The van der Waals surface area contributed by atoms with Crippen LogP contribution in [-0.2, 0) is 0 Å². The van der Waals surface area contributed by atoms with Crippen LogP contribution in [-0.4, -0.2) is 36.4 Å². The van der Waals surface area contributed by atoms with E-state index in [9.17, 15) is 4.79 Å². The fourth-order valence-electron chi connectivity index (χ4n) is 3.19. The summed E-state index contributed by atoms with van der Waals surface area (Å²) in [7, 11) is 0. The summed E-state index contributed by atoms with van der Waals surface area (Å²) in [4.78, 5) is 14.6. The van der Waals surface area contributed by atoms with Crippen LogP contribution in [0.3, 0.4) is 0 Å². The van der Waals surface area contributed by atoms with Gasteiger partial charge in [0.1, 0.15) is 5.75 Å². The molecule has 1 aliphatic rings. The molecule has 0 N–H and O–H groups in total. The fourth-order valence-corrected chi connectivity index (χ4v) is 3.30. The van der Waals surface area contributed by atoms with Crippen LogP contribution in [0.2, 0.25) is 0 Å². The molecule has 0 spiro atoms. The van der Waals surface area contributed by atoms with E-state index in [4.69, 9.17) is 16.3 Å². The molecular formula is C22H26ClNO2. The molecule has 0 bridgehead atoms. The lowest BCUT2D eigenvalue weighted by molar-refractivity contribution is 0.0697. The van der Waals surface area contributed by atoms with Gasteiger partial charge in [-0.3, -0.25) is 4.79 Å². The smallest absolute Gasteiger partial charge is 0.253 e. The summed E-state index contributed by atoms with van der Waals surface area (Å²) in [5.74, 6) is 2.33. The number of ether oxygens (including phenoxy) is 1. The molecule has 138 valence electrons. The number of carbonyl (C=O) groups is 1. The van der Waals surface area contributed by atoms with Crippen molar-refractivity contribution in [2.45, 2.75) is 26.2 Å². The van der Waals surface area contributed by atoms with Gasteiger partial charge in [-0.05, 0) is 60.6 Å². The maximum Gasteiger partial charge on any atom is 0.253 e. The second kappa shape index (κ2) is 9.09. The Morgan fingerprint density at radius 2 is 1.62 bits per heavy atom. The van der Waals surface area contributed by atoms with E-state index in [1.807, 2.05) is 53.4 Å². The van der Waals surface area contributed by atoms with Crippen molar-refractivity contribution in [2.75, 3.05) is 25.6 Å². The third-order valence-corrected chi connectivity index (χ3v) is 5.20. The van der Waals surface area contributed by atoms with Crippen molar-refractivity contribution < 1.29 is 9.53 Å². The summed E-state index contributed by atoms with van der Waals surface area (Å²) in [5, 5.41) is 0. The number of hydrogen-bond donors (Lipinski definition) is 0. The molecule has 4 heteroatoms. The molecule has 3 nitrogen and oxygen atoms in total. The molecule has 3 rings (SSSR count). The van der Waals surface area contributed by atoms with Crippen LogP contribution in [0.4, 0.5) is 0 Å². The Labute approximate surface area is 160 Å². The van der Waals surface area contributed by atoms with E-state index >= 15 is 0 Å². The molecule has 0 atom stereocenters. The minimum absolute atomic E-state index is 0.145. The quantitative estimate of drug-likeness (QED) is 0.513. The maximum atomic E-state index is 12.6. The van der Waals surface area contributed by atoms with Gasteiger partial charge < -0.3 is 9.64 Å². The van der Waals surface area contributed by atoms with Crippen LogP contribution in [0.5, 0.6) is 5.75 Å². The molecule has 2 aromatic rings. The van der Waals surface area contributed by atoms with E-state index in [0.717, 1.165) is 60.7 Å². The third kappa shape index (κ3) is 4.79. The van der Waals surface area contributed by atoms with Gasteiger partial charge in [-0.15, -0.1) is 11.6 Å². The molecule has 26 heavy (non-hydrogen) atoms. The van der Waals surface area contributed by atoms with Crippen molar-refractivity contribution in [1.29, 1.82) is 0 Å². The lowest BCUT2D eigenvalue weighted by atomic mass is 9.98. The van der Waals surface area contributed by atoms with Crippen LogP contribution in [0.1, 0.15) is 36.5 Å². The van der Waals surface area contributed by atoms with Gasteiger partial charge in [-0.25, -0.2) is 0 Å². The summed E-state index contributed by atoms with van der Waals surface area (Å²) < 4.78 is 5.63. The molecule has 1 aliphatic heterocycles. The average Bonchev–Trinajstić information content (AvgIpc) is 2.69. The topological polar surface area (TPSA) is 29.5 Å². The van der Waals surface area contributed by atoms with Crippen molar-refractivity contribution in [3.8, 4) is 16.9 Å². The summed E-state index contributed by atoms with van der Waals surface area (Å²) in [6, 6.07) is 15.9. The van der Waals surface area contributed by atoms with Crippen molar-refractivity contribution in [3.63, 3.8) is 0 Å². The standard InChI is InChI=1S/C22H26ClNO2/c1-17-11-14-24(15-12-17)22(25)20-5-3-18(4-6-20)19-7-9-21(10-8-19)26-16-2-13-23/h3-10,17H,2,11-16H2,1H3. The fraction of sp³-hybridized carbons (Fsp3) is 0.409. The Bertz CT molecular complexity index is 704. The Balaban J connectivity index is 1.62. The first-order chi connectivity index (χ1) is 12.7. The Hall–Kier alpha value is -2.00. The summed E-state index contributed by atoms with van der Waals surface area (Å²) in [6.07, 6.45) is 3.04. The van der Waals surface area contributed by atoms with Crippen molar-refractivity contribution in [3.05, 3.63) is 54.1 Å². The largest absolute Gasteiger partial charge is 0.494 e. The lowest BCUT2D eigenvalue weighted by Crippen LogP contribution is -2.37. The number of nitrogens with zero attached hydrogens (tertiary/aromatic N) is 1. The number of benzene rings is 2. The molecule has 1 amide bonds. The first kappa shape index (κ1) is 18.8. The zero-order valence-corrected chi connectivity index (χ0v) is 16.0. The van der Waals surface area contributed by atoms with Gasteiger partial charge >= 0.3 is 0 Å². The zero-order chi connectivity index (χ0) is 18.4. The second-order valence-corrected chi connectivity index (χ2v) is 7.35. The predicted molar refractivity (Wildman–Crippen MR) is 107 cm³/mol. The van der Waals surface area contributed by atoms with Gasteiger partial charge in [0.25, 0.3) is 5.91 Å². The molecule has 0 unspecified atom stereocenters. The summed E-state index contributed by atoms with van der Waals surface area (Å²) in [5.41, 5.74) is 2.98. The van der Waals surface area contributed by atoms with Crippen LogP contribution < -0.4 is 4.74 Å². The van der Waals surface area contributed by atoms with Gasteiger partial charge in [0, 0.05) is 24.5 Å². The molecular weight excluding hydrogens is 346 g/mol. The van der Waals surface area contributed by atoms with E-state index in [1.165, 1.54) is 0 Å².